The van der Waals surface area contributed by atoms with Gasteiger partial charge in [0.05, 0.1) is 45.2 Å². The summed E-state index contributed by atoms with van der Waals surface area (Å²) in [6, 6.07) is 82.2. The normalized spacial score (nSPS) is 11.4. The number of nitrogen functional groups attached to an aromatic ring is 1. The van der Waals surface area contributed by atoms with Crippen LogP contribution in [0.25, 0.3) is 96.0 Å². The van der Waals surface area contributed by atoms with Gasteiger partial charge in [-0.25, -0.2) is 14.0 Å². The Hall–Kier alpha value is -8.60. The molecular weight excluding hydrogens is 1810 g/mol. The maximum absolute atomic E-state index is 8.58. The van der Waals surface area contributed by atoms with E-state index in [1.54, 1.807) is 36.5 Å². The fraction of sp³-hybridized carbons (Fsp3) is 0.211. The van der Waals surface area contributed by atoms with Gasteiger partial charge in [0, 0.05) is 91.7 Å². The molecule has 15 aromatic rings. The molecule has 118 heavy (non-hydrogen) atoms. The summed E-state index contributed by atoms with van der Waals surface area (Å²) < 4.78 is 25.4. The number of nitrogens with two attached hydrogens (primary N) is 1. The SMILES string of the molecule is C.C[Si](C)(C)CCOCn1nc(/C=C/c2ccccc2)c2cc(-c3ccccc3)ccc21.C[Si](C)(C)CCOCn1nc(/C=C/c2ccccc2)c2cc(Cl)ccc21.C[Si](C)(C)CCOCn1nc(I)c2cc(Cl)ccc21.Clc1ccc2n[nH]c(I)c2c1.Nc1ccc2[nH]ncc2c1.OB(O)/C=C/c1ccccc1.OB(O)c1ccccc1. The summed E-state index contributed by atoms with van der Waals surface area (Å²) >= 11 is 22.4. The molecule has 0 saturated carbocycles. The zero-order valence-electron chi connectivity index (χ0n) is 67.2. The molecule has 0 aliphatic carbocycles. The van der Waals surface area contributed by atoms with Crippen molar-refractivity contribution in [2.24, 2.45) is 0 Å². The lowest BCUT2D eigenvalue weighted by atomic mass is 9.81. The average Bonchev–Trinajstić information content (AvgIpc) is 1.65. The van der Waals surface area contributed by atoms with Crippen LogP contribution >= 0.6 is 80.0 Å². The van der Waals surface area contributed by atoms with Crippen LogP contribution < -0.4 is 11.2 Å². The van der Waals surface area contributed by atoms with Crippen LogP contribution in [0, 0.1) is 7.40 Å². The van der Waals surface area contributed by atoms with Gasteiger partial charge in [0.1, 0.15) is 27.6 Å². The standard InChI is InChI=1S/C27H30N2OSi.C21H25ClN2OSi.C13H18ClIN2OSi.C8H9BO2.C7H4ClIN2.C7H7N3.C6H7BO2.CH4/c1-31(2,3)19-18-30-21-29-27-17-15-24(23-12-8-5-9-13-23)20-25(27)26(28-29)16-14-22-10-6-4-7-11-22;1-26(2,3)14-13-25-16-24-21-12-10-18(22)15-19(21)20(23-24)11-9-17-7-5-4-6-8-17;1-19(2,3)7-6-18-9-17-12-5-4-10(14)8-11(12)13(15)16-17;10-9(11)7-6-8-4-2-1-3-5-8;8-4-1-2-6-5(3-4)7(9)11-10-6;8-6-1-2-7-5(3-6)4-9-10-7;8-7(9)6-4-2-1-3-5-6;/h4-17,20H,18-19,21H2,1-3H3;4-12,15H,13-14,16H2,1-3H3;4-5,8H,6-7,9H2,1-3H3;1-7,10-11H;1-3H,(H,10,11);1-4H,8H2,(H,9,10);1-5,8-9H;1H4/b16-14+;11-9+;;7-6+;;;;. The van der Waals surface area contributed by atoms with Gasteiger partial charge in [0.2, 0.25) is 0 Å². The minimum Gasteiger partial charge on any atom is -0.424 e. The Morgan fingerprint density at radius 2 is 0.856 bits per heavy atom. The minimum absolute atomic E-state index is 0. The second-order valence-electron chi connectivity index (χ2n) is 30.9. The van der Waals surface area contributed by atoms with E-state index in [0.29, 0.717) is 30.7 Å². The Labute approximate surface area is 738 Å². The van der Waals surface area contributed by atoms with Crippen LogP contribution in [0.1, 0.15) is 35.5 Å². The zero-order valence-corrected chi connectivity index (χ0v) is 76.8. The van der Waals surface area contributed by atoms with E-state index in [0.717, 1.165) is 138 Å². The first-order chi connectivity index (χ1) is 56.0. The van der Waals surface area contributed by atoms with Gasteiger partial charge in [0.15, 0.2) is 0 Å². The number of rotatable bonds is 23. The molecule has 15 rings (SSSR count). The fourth-order valence-electron chi connectivity index (χ4n) is 11.2. The molecule has 18 nitrogen and oxygen atoms in total. The van der Waals surface area contributed by atoms with E-state index in [-0.39, 0.29) is 7.43 Å². The highest BCUT2D eigenvalue weighted by Gasteiger charge is 2.18. The summed E-state index contributed by atoms with van der Waals surface area (Å²) in [6.07, 6.45) is 11.7. The Balaban J connectivity index is 0.000000180. The van der Waals surface area contributed by atoms with E-state index >= 15 is 0 Å². The van der Waals surface area contributed by atoms with E-state index in [4.69, 9.17) is 85.0 Å². The predicted octanol–water partition coefficient (Wildman–Crippen LogP) is 22.6. The lowest BCUT2D eigenvalue weighted by Crippen LogP contribution is -2.29. The van der Waals surface area contributed by atoms with Crippen molar-refractivity contribution >= 4 is 214 Å². The molecule has 0 atom stereocenters. The van der Waals surface area contributed by atoms with E-state index in [1.807, 2.05) is 160 Å². The van der Waals surface area contributed by atoms with Gasteiger partial charge >= 0.3 is 14.2 Å². The quantitative estimate of drug-likeness (QED) is 0.0136. The molecule has 0 aliphatic rings. The number of H-pyrrole nitrogens is 2. The van der Waals surface area contributed by atoms with Crippen molar-refractivity contribution in [2.45, 2.75) is 105 Å². The molecule has 28 heteroatoms. The molecular formula is C90H104B2Cl3I2N11O7Si3. The summed E-state index contributed by atoms with van der Waals surface area (Å²) in [5.74, 6) is 1.31. The van der Waals surface area contributed by atoms with Gasteiger partial charge in [0.25, 0.3) is 0 Å². The van der Waals surface area contributed by atoms with Gasteiger partial charge in [-0.15, -0.1) is 0 Å². The first-order valence-electron chi connectivity index (χ1n) is 38.2. The van der Waals surface area contributed by atoms with Crippen molar-refractivity contribution in [3.05, 3.63) is 305 Å². The number of hydrogen-bond donors (Lipinski definition) is 7. The minimum atomic E-state index is -1.37. The lowest BCUT2D eigenvalue weighted by Gasteiger charge is -2.15. The topological polar surface area (TPSA) is 245 Å². The molecule has 0 fully saturated rings. The number of benzene rings is 10. The third-order valence-corrected chi connectivity index (χ3v) is 25.1. The van der Waals surface area contributed by atoms with Crippen molar-refractivity contribution in [2.75, 3.05) is 25.6 Å². The van der Waals surface area contributed by atoms with Crippen LogP contribution in [-0.2, 0) is 34.4 Å². The van der Waals surface area contributed by atoms with Crippen molar-refractivity contribution < 1.29 is 34.3 Å². The molecule has 0 spiro atoms. The van der Waals surface area contributed by atoms with Crippen molar-refractivity contribution in [3.63, 3.8) is 0 Å². The van der Waals surface area contributed by atoms with Crippen LogP contribution in [0.3, 0.4) is 0 Å². The number of anilines is 1. The maximum Gasteiger partial charge on any atom is 0.488 e. The summed E-state index contributed by atoms with van der Waals surface area (Å²) in [7, 11) is -5.92. The summed E-state index contributed by atoms with van der Waals surface area (Å²) in [6.45, 7) is 25.1. The second-order valence-corrected chi connectivity index (χ2v) is 51.2. The molecule has 5 aromatic heterocycles. The molecule has 614 valence electrons. The number of nitrogens with zero attached hydrogens (tertiary/aromatic N) is 8. The number of aromatic amines is 2. The van der Waals surface area contributed by atoms with Crippen molar-refractivity contribution in [1.82, 2.24) is 49.7 Å². The molecule has 0 bridgehead atoms. The molecule has 10 aromatic carbocycles. The van der Waals surface area contributed by atoms with E-state index in [1.165, 1.54) is 23.1 Å². The second kappa shape index (κ2) is 47.4. The number of halogens is 5. The highest BCUT2D eigenvalue weighted by molar-refractivity contribution is 14.1. The number of ether oxygens (including phenoxy) is 3. The van der Waals surface area contributed by atoms with Gasteiger partial charge in [-0.05, 0) is 194 Å². The number of nitrogens with one attached hydrogen (secondary N) is 2. The third-order valence-electron chi connectivity index (χ3n) is 17.7. The van der Waals surface area contributed by atoms with E-state index in [9.17, 15) is 0 Å². The molecule has 0 unspecified atom stereocenters. The lowest BCUT2D eigenvalue weighted by molar-refractivity contribution is 0.0814. The van der Waals surface area contributed by atoms with Crippen molar-refractivity contribution in [1.29, 1.82) is 0 Å². The summed E-state index contributed by atoms with van der Waals surface area (Å²) in [5, 5.41) is 69.5. The van der Waals surface area contributed by atoms with Crippen LogP contribution in [0.2, 0.25) is 92.1 Å². The Bertz CT molecular complexity index is 5640. The number of aromatic nitrogens is 10. The Morgan fingerprint density at radius 3 is 1.32 bits per heavy atom. The van der Waals surface area contributed by atoms with Gasteiger partial charge < -0.3 is 40.0 Å². The molecule has 0 aliphatic heterocycles. The summed E-state index contributed by atoms with van der Waals surface area (Å²) in [4.78, 5) is 0. The fourth-order valence-corrected chi connectivity index (χ4v) is 15.2. The number of fused-ring (bicyclic) bond motifs is 5. The zero-order chi connectivity index (χ0) is 83.9. The third kappa shape index (κ3) is 32.2. The smallest absolute Gasteiger partial charge is 0.424 e. The van der Waals surface area contributed by atoms with E-state index in [2.05, 4.69) is 227 Å². The molecule has 0 amide bonds. The number of hydrogen-bond acceptors (Lipinski definition) is 13. The molecule has 5 heterocycles. The monoisotopic (exact) mass is 1920 g/mol. The Kier molecular flexibility index (Phi) is 38.1. The first kappa shape index (κ1) is 94.9. The Morgan fingerprint density at radius 1 is 0.441 bits per heavy atom. The van der Waals surface area contributed by atoms with Gasteiger partial charge in [-0.1, -0.05) is 283 Å². The predicted molar refractivity (Wildman–Crippen MR) is 523 cm³/mol. The summed E-state index contributed by atoms with van der Waals surface area (Å²) in [5.41, 5.74) is 19.6. The van der Waals surface area contributed by atoms with Crippen LogP contribution in [-0.4, -0.2) is 128 Å². The maximum atomic E-state index is 8.58. The van der Waals surface area contributed by atoms with Gasteiger partial charge in [-0.2, -0.15) is 25.5 Å². The average molecular weight is 1920 g/mol. The molecule has 0 saturated heterocycles. The van der Waals surface area contributed by atoms with Crippen molar-refractivity contribution in [3.8, 4) is 11.1 Å². The van der Waals surface area contributed by atoms with Crippen LogP contribution in [0.5, 0.6) is 0 Å². The largest absolute Gasteiger partial charge is 0.488 e. The van der Waals surface area contributed by atoms with Gasteiger partial charge in [-0.3, -0.25) is 10.2 Å². The highest BCUT2D eigenvalue weighted by Crippen LogP contribution is 2.31. The molecule has 8 N–H and O–H groups in total. The first-order valence-corrected chi connectivity index (χ1v) is 52.6. The van der Waals surface area contributed by atoms with E-state index < -0.39 is 38.5 Å². The van der Waals surface area contributed by atoms with Crippen LogP contribution in [0.15, 0.2) is 255 Å². The highest BCUT2D eigenvalue weighted by atomic mass is 127. The van der Waals surface area contributed by atoms with Crippen LogP contribution in [0.4, 0.5) is 5.69 Å². The molecule has 0 radical (unpaired) electrons.